The SMILES string of the molecule is NC1CCC2CC=CC=C2N(Cc2ccccc2)C1. The summed E-state index contributed by atoms with van der Waals surface area (Å²) in [6.07, 6.45) is 10.3. The highest BCUT2D eigenvalue weighted by Gasteiger charge is 2.26. The van der Waals surface area contributed by atoms with Crippen LogP contribution in [-0.4, -0.2) is 17.5 Å². The summed E-state index contributed by atoms with van der Waals surface area (Å²) in [5.74, 6) is 0.669. The highest BCUT2D eigenvalue weighted by Crippen LogP contribution is 2.32. The third-order valence-corrected chi connectivity index (χ3v) is 4.16. The van der Waals surface area contributed by atoms with Crippen LogP contribution in [0.25, 0.3) is 0 Å². The fourth-order valence-corrected chi connectivity index (χ4v) is 3.15. The lowest BCUT2D eigenvalue weighted by molar-refractivity contribution is 0.301. The van der Waals surface area contributed by atoms with Gasteiger partial charge in [0.2, 0.25) is 0 Å². The molecule has 0 saturated carbocycles. The van der Waals surface area contributed by atoms with Crippen LogP contribution in [0.4, 0.5) is 0 Å². The molecule has 0 bridgehead atoms. The van der Waals surface area contributed by atoms with Crippen molar-refractivity contribution in [2.75, 3.05) is 6.54 Å². The smallest absolute Gasteiger partial charge is 0.0427 e. The van der Waals surface area contributed by atoms with Crippen LogP contribution >= 0.6 is 0 Å². The first-order valence-corrected chi connectivity index (χ1v) is 7.24. The molecule has 2 atom stereocenters. The van der Waals surface area contributed by atoms with Crippen LogP contribution in [-0.2, 0) is 6.54 Å². The molecule has 19 heavy (non-hydrogen) atoms. The molecular weight excluding hydrogens is 232 g/mol. The van der Waals surface area contributed by atoms with E-state index >= 15 is 0 Å². The second kappa shape index (κ2) is 5.62. The molecule has 100 valence electrons. The highest BCUT2D eigenvalue weighted by molar-refractivity contribution is 5.23. The summed E-state index contributed by atoms with van der Waals surface area (Å²) in [6.45, 7) is 1.95. The van der Waals surface area contributed by atoms with Gasteiger partial charge in [-0.3, -0.25) is 0 Å². The summed E-state index contributed by atoms with van der Waals surface area (Å²) >= 11 is 0. The van der Waals surface area contributed by atoms with Gasteiger partial charge in [0.1, 0.15) is 0 Å². The largest absolute Gasteiger partial charge is 0.369 e. The van der Waals surface area contributed by atoms with Crippen LogP contribution in [0.5, 0.6) is 0 Å². The molecule has 1 aliphatic heterocycles. The normalized spacial score (nSPS) is 26.6. The molecule has 0 radical (unpaired) electrons. The molecule has 2 aliphatic rings. The third kappa shape index (κ3) is 2.90. The zero-order chi connectivity index (χ0) is 13.1. The predicted molar refractivity (Wildman–Crippen MR) is 79.4 cm³/mol. The van der Waals surface area contributed by atoms with Crippen LogP contribution in [0.1, 0.15) is 24.8 Å². The van der Waals surface area contributed by atoms with Gasteiger partial charge in [-0.15, -0.1) is 0 Å². The van der Waals surface area contributed by atoms with E-state index in [0.717, 1.165) is 19.5 Å². The summed E-state index contributed by atoms with van der Waals surface area (Å²) in [5.41, 5.74) is 9.10. The average Bonchev–Trinajstić information content (AvgIpc) is 2.60. The van der Waals surface area contributed by atoms with Gasteiger partial charge >= 0.3 is 0 Å². The van der Waals surface area contributed by atoms with E-state index in [2.05, 4.69) is 53.5 Å². The van der Waals surface area contributed by atoms with Crippen molar-refractivity contribution in [3.63, 3.8) is 0 Å². The Kier molecular flexibility index (Phi) is 3.69. The number of rotatable bonds is 2. The maximum Gasteiger partial charge on any atom is 0.0427 e. The summed E-state index contributed by atoms with van der Waals surface area (Å²) in [6, 6.07) is 11.0. The van der Waals surface area contributed by atoms with Crippen molar-refractivity contribution >= 4 is 0 Å². The van der Waals surface area contributed by atoms with Crippen molar-refractivity contribution in [3.05, 3.63) is 59.8 Å². The van der Waals surface area contributed by atoms with Gasteiger partial charge in [0.05, 0.1) is 0 Å². The minimum atomic E-state index is 0.301. The first-order chi connectivity index (χ1) is 9.33. The Balaban J connectivity index is 1.83. The molecule has 1 aromatic rings. The Hall–Kier alpha value is -1.54. The standard InChI is InChI=1S/C17H22N2/c18-16-11-10-15-8-4-5-9-17(15)19(13-16)12-14-6-2-1-3-7-14/h1-7,9,15-16H,8,10-13,18H2. The van der Waals surface area contributed by atoms with E-state index in [4.69, 9.17) is 5.73 Å². The number of fused-ring (bicyclic) bond motifs is 1. The van der Waals surface area contributed by atoms with Gasteiger partial charge in [0.15, 0.2) is 0 Å². The Morgan fingerprint density at radius 3 is 2.84 bits per heavy atom. The molecular formula is C17H22N2. The second-order valence-corrected chi connectivity index (χ2v) is 5.66. The minimum absolute atomic E-state index is 0.301. The van der Waals surface area contributed by atoms with Crippen molar-refractivity contribution in [2.45, 2.75) is 31.8 Å². The second-order valence-electron chi connectivity index (χ2n) is 5.66. The van der Waals surface area contributed by atoms with Crippen molar-refractivity contribution in [3.8, 4) is 0 Å². The fourth-order valence-electron chi connectivity index (χ4n) is 3.15. The number of benzene rings is 1. The quantitative estimate of drug-likeness (QED) is 0.879. The number of nitrogens with two attached hydrogens (primary N) is 1. The molecule has 1 saturated heterocycles. The summed E-state index contributed by atoms with van der Waals surface area (Å²) in [4.78, 5) is 2.49. The Bertz CT molecular complexity index is 475. The molecule has 2 heteroatoms. The van der Waals surface area contributed by atoms with Crippen LogP contribution in [0.2, 0.25) is 0 Å². The Labute approximate surface area is 115 Å². The first-order valence-electron chi connectivity index (χ1n) is 7.24. The predicted octanol–water partition coefficient (Wildman–Crippen LogP) is 3.07. The van der Waals surface area contributed by atoms with E-state index < -0.39 is 0 Å². The van der Waals surface area contributed by atoms with Crippen LogP contribution in [0, 0.1) is 5.92 Å². The summed E-state index contributed by atoms with van der Waals surface area (Å²) in [7, 11) is 0. The van der Waals surface area contributed by atoms with Gasteiger partial charge in [-0.25, -0.2) is 0 Å². The monoisotopic (exact) mass is 254 g/mol. The van der Waals surface area contributed by atoms with Crippen LogP contribution < -0.4 is 5.73 Å². The Morgan fingerprint density at radius 2 is 2.00 bits per heavy atom. The van der Waals surface area contributed by atoms with Gasteiger partial charge in [-0.2, -0.15) is 0 Å². The molecule has 0 amide bonds. The summed E-state index contributed by atoms with van der Waals surface area (Å²) in [5, 5.41) is 0. The van der Waals surface area contributed by atoms with E-state index in [9.17, 15) is 0 Å². The molecule has 3 rings (SSSR count). The first kappa shape index (κ1) is 12.5. The van der Waals surface area contributed by atoms with E-state index in [1.54, 1.807) is 0 Å². The molecule has 0 spiro atoms. The molecule has 1 aliphatic carbocycles. The van der Waals surface area contributed by atoms with E-state index in [-0.39, 0.29) is 0 Å². The van der Waals surface area contributed by atoms with E-state index in [1.807, 2.05) is 0 Å². The molecule has 1 heterocycles. The van der Waals surface area contributed by atoms with Crippen molar-refractivity contribution in [2.24, 2.45) is 11.7 Å². The maximum absolute atomic E-state index is 6.24. The van der Waals surface area contributed by atoms with Gasteiger partial charge in [0.25, 0.3) is 0 Å². The molecule has 2 unspecified atom stereocenters. The zero-order valence-electron chi connectivity index (χ0n) is 11.3. The van der Waals surface area contributed by atoms with Crippen molar-refractivity contribution < 1.29 is 0 Å². The van der Waals surface area contributed by atoms with Crippen LogP contribution in [0.3, 0.4) is 0 Å². The molecule has 1 aromatic carbocycles. The fraction of sp³-hybridized carbons (Fsp3) is 0.412. The number of hydrogen-bond acceptors (Lipinski definition) is 2. The van der Waals surface area contributed by atoms with Crippen molar-refractivity contribution in [1.29, 1.82) is 0 Å². The third-order valence-electron chi connectivity index (χ3n) is 4.16. The van der Waals surface area contributed by atoms with Gasteiger partial charge in [0, 0.05) is 30.7 Å². The lowest BCUT2D eigenvalue weighted by Crippen LogP contribution is -2.35. The number of nitrogens with zero attached hydrogens (tertiary/aromatic N) is 1. The number of allylic oxidation sites excluding steroid dienone is 4. The van der Waals surface area contributed by atoms with E-state index in [1.165, 1.54) is 24.1 Å². The summed E-state index contributed by atoms with van der Waals surface area (Å²) < 4.78 is 0. The zero-order valence-corrected chi connectivity index (χ0v) is 11.3. The van der Waals surface area contributed by atoms with Crippen molar-refractivity contribution in [1.82, 2.24) is 4.90 Å². The molecule has 2 N–H and O–H groups in total. The van der Waals surface area contributed by atoms with Crippen LogP contribution in [0.15, 0.2) is 54.3 Å². The molecule has 2 nitrogen and oxygen atoms in total. The molecule has 1 fully saturated rings. The lowest BCUT2D eigenvalue weighted by atomic mass is 9.92. The molecule has 0 aromatic heterocycles. The van der Waals surface area contributed by atoms with Gasteiger partial charge < -0.3 is 10.6 Å². The Morgan fingerprint density at radius 1 is 1.16 bits per heavy atom. The number of likely N-dealkylation sites (tertiary alicyclic amines) is 1. The number of hydrogen-bond donors (Lipinski definition) is 1. The lowest BCUT2D eigenvalue weighted by Gasteiger charge is -2.31. The van der Waals surface area contributed by atoms with E-state index in [0.29, 0.717) is 12.0 Å². The maximum atomic E-state index is 6.24. The van der Waals surface area contributed by atoms with Gasteiger partial charge in [-0.1, -0.05) is 42.5 Å². The highest BCUT2D eigenvalue weighted by atomic mass is 15.2. The average molecular weight is 254 g/mol. The van der Waals surface area contributed by atoms with Gasteiger partial charge in [-0.05, 0) is 30.9 Å². The topological polar surface area (TPSA) is 29.3 Å². The minimum Gasteiger partial charge on any atom is -0.369 e.